The Kier molecular flexibility index (Phi) is 5.41. The number of nitrogens with two attached hydrogens (primary N) is 1. The lowest BCUT2D eigenvalue weighted by atomic mass is 9.64. The van der Waals surface area contributed by atoms with E-state index in [0.29, 0.717) is 10.8 Å². The molecule has 4 rings (SSSR count). The summed E-state index contributed by atoms with van der Waals surface area (Å²) in [5, 5.41) is 1.01. The van der Waals surface area contributed by atoms with Crippen LogP contribution in [0.2, 0.25) is 0 Å². The lowest BCUT2D eigenvalue weighted by Crippen LogP contribution is -2.48. The summed E-state index contributed by atoms with van der Waals surface area (Å²) in [4.78, 5) is 14.4. The number of nitrogens with one attached hydrogen (secondary N) is 1. The van der Waals surface area contributed by atoms with Crippen molar-refractivity contribution in [3.63, 3.8) is 0 Å². The molecule has 1 aliphatic rings. The Hall–Kier alpha value is -2.66. The van der Waals surface area contributed by atoms with Gasteiger partial charge in [0.15, 0.2) is 11.6 Å². The highest BCUT2D eigenvalue weighted by Crippen LogP contribution is 2.43. The fourth-order valence-corrected chi connectivity index (χ4v) is 4.72. The van der Waals surface area contributed by atoms with Crippen LogP contribution in [-0.2, 0) is 5.41 Å². The van der Waals surface area contributed by atoms with E-state index in [4.69, 9.17) is 10.5 Å². The topological polar surface area (TPSA) is 68.1 Å². The van der Waals surface area contributed by atoms with Crippen LogP contribution in [0.25, 0.3) is 10.8 Å². The molecular weight excluding hydrogens is 367 g/mol. The number of rotatable bonds is 5. The van der Waals surface area contributed by atoms with Crippen molar-refractivity contribution in [2.45, 2.75) is 56.6 Å². The molecule has 0 radical (unpaired) electrons. The molecule has 1 saturated carbocycles. The van der Waals surface area contributed by atoms with Crippen molar-refractivity contribution >= 4 is 10.8 Å². The molecule has 4 nitrogen and oxygen atoms in total. The smallest absolute Gasteiger partial charge is 0.255 e. The van der Waals surface area contributed by atoms with Gasteiger partial charge in [-0.05, 0) is 61.3 Å². The normalized spacial score (nSPS) is 23.1. The van der Waals surface area contributed by atoms with Crippen LogP contribution < -0.4 is 16.0 Å². The van der Waals surface area contributed by atoms with Crippen LogP contribution in [0, 0.1) is 5.82 Å². The molecular formula is C24H27FN2O2. The molecule has 1 fully saturated rings. The molecule has 1 aliphatic carbocycles. The molecule has 1 unspecified atom stereocenters. The van der Waals surface area contributed by atoms with Gasteiger partial charge >= 0.3 is 0 Å². The quantitative estimate of drug-likeness (QED) is 0.661. The fraction of sp³-hybridized carbons (Fsp3) is 0.375. The molecule has 1 heterocycles. The molecule has 5 heteroatoms. The van der Waals surface area contributed by atoms with Crippen LogP contribution in [0.4, 0.5) is 4.39 Å². The summed E-state index contributed by atoms with van der Waals surface area (Å²) in [5.74, 6) is -0.292. The average molecular weight is 394 g/mol. The van der Waals surface area contributed by atoms with E-state index < -0.39 is 5.82 Å². The van der Waals surface area contributed by atoms with Gasteiger partial charge < -0.3 is 15.5 Å². The summed E-state index contributed by atoms with van der Waals surface area (Å²) in [6.45, 7) is 2.13. The lowest BCUT2D eigenvalue weighted by Gasteiger charge is -2.44. The third-order valence-corrected chi connectivity index (χ3v) is 6.44. The van der Waals surface area contributed by atoms with Crippen molar-refractivity contribution in [2.75, 3.05) is 0 Å². The lowest BCUT2D eigenvalue weighted by molar-refractivity contribution is 0.100. The zero-order valence-corrected chi connectivity index (χ0v) is 16.7. The minimum Gasteiger partial charge on any atom is -0.487 e. The molecule has 0 spiro atoms. The van der Waals surface area contributed by atoms with Gasteiger partial charge in [-0.1, -0.05) is 37.3 Å². The average Bonchev–Trinajstić information content (AvgIpc) is 2.76. The molecule has 0 amide bonds. The first-order valence-corrected chi connectivity index (χ1v) is 10.3. The van der Waals surface area contributed by atoms with E-state index >= 15 is 0 Å². The second kappa shape index (κ2) is 7.99. The first kappa shape index (κ1) is 19.6. The van der Waals surface area contributed by atoms with Gasteiger partial charge in [0.2, 0.25) is 0 Å². The largest absolute Gasteiger partial charge is 0.487 e. The summed E-state index contributed by atoms with van der Waals surface area (Å²) in [6, 6.07) is 15.2. The molecule has 0 saturated heterocycles. The first-order valence-electron chi connectivity index (χ1n) is 10.3. The maximum absolute atomic E-state index is 14.6. The molecule has 3 aromatic rings. The van der Waals surface area contributed by atoms with Gasteiger partial charge in [-0.25, -0.2) is 4.39 Å². The van der Waals surface area contributed by atoms with Gasteiger partial charge in [-0.3, -0.25) is 4.79 Å². The van der Waals surface area contributed by atoms with Gasteiger partial charge in [0, 0.05) is 17.7 Å². The summed E-state index contributed by atoms with van der Waals surface area (Å²) in [7, 11) is 0. The molecule has 1 atom stereocenters. The van der Waals surface area contributed by atoms with Crippen molar-refractivity contribution in [3.05, 3.63) is 76.5 Å². The molecule has 0 bridgehead atoms. The Balaban J connectivity index is 1.54. The second-order valence-electron chi connectivity index (χ2n) is 8.03. The summed E-state index contributed by atoms with van der Waals surface area (Å²) < 4.78 is 20.6. The number of aromatic nitrogens is 1. The SMILES string of the molecule is CCC(N)C1(c2ccccc2)CCC(Oc2cc3cc[nH]c(=O)c3cc2F)CC1. The van der Waals surface area contributed by atoms with Crippen LogP contribution in [0.3, 0.4) is 0 Å². The van der Waals surface area contributed by atoms with E-state index in [-0.39, 0.29) is 28.9 Å². The molecule has 1 aromatic heterocycles. The maximum atomic E-state index is 14.6. The second-order valence-corrected chi connectivity index (χ2v) is 8.03. The molecule has 2 aromatic carbocycles. The van der Waals surface area contributed by atoms with Crippen LogP contribution in [0.1, 0.15) is 44.6 Å². The van der Waals surface area contributed by atoms with Gasteiger partial charge in [-0.15, -0.1) is 0 Å². The number of pyridine rings is 1. The number of fused-ring (bicyclic) bond motifs is 1. The van der Waals surface area contributed by atoms with Crippen molar-refractivity contribution in [1.29, 1.82) is 0 Å². The van der Waals surface area contributed by atoms with Crippen molar-refractivity contribution in [2.24, 2.45) is 5.73 Å². The number of ether oxygens (including phenoxy) is 1. The van der Waals surface area contributed by atoms with E-state index in [2.05, 4.69) is 36.2 Å². The van der Waals surface area contributed by atoms with E-state index in [9.17, 15) is 9.18 Å². The van der Waals surface area contributed by atoms with E-state index in [1.807, 2.05) is 6.07 Å². The maximum Gasteiger partial charge on any atom is 0.255 e. The number of aromatic amines is 1. The van der Waals surface area contributed by atoms with Crippen molar-refractivity contribution in [1.82, 2.24) is 4.98 Å². The summed E-state index contributed by atoms with van der Waals surface area (Å²) >= 11 is 0. The molecule has 3 N–H and O–H groups in total. The van der Waals surface area contributed by atoms with Crippen LogP contribution in [0.15, 0.2) is 59.5 Å². The van der Waals surface area contributed by atoms with Gasteiger partial charge in [0.25, 0.3) is 5.56 Å². The minimum atomic E-state index is -0.501. The standard InChI is InChI=1S/C24H27FN2O2/c1-2-22(26)24(17-6-4-3-5-7-17)11-8-18(9-12-24)29-21-14-16-10-13-27-23(28)19(16)15-20(21)25/h3-7,10,13-15,18,22H,2,8-9,11-12,26H2,1H3,(H,27,28). The summed E-state index contributed by atoms with van der Waals surface area (Å²) in [5.41, 5.74) is 7.50. The van der Waals surface area contributed by atoms with Gasteiger partial charge in [0.1, 0.15) is 0 Å². The van der Waals surface area contributed by atoms with Gasteiger partial charge in [0.05, 0.1) is 11.5 Å². The Labute approximate surface area is 169 Å². The summed E-state index contributed by atoms with van der Waals surface area (Å²) in [6.07, 6.45) is 5.86. The Morgan fingerprint density at radius 2 is 1.93 bits per heavy atom. The van der Waals surface area contributed by atoms with E-state index in [1.165, 1.54) is 11.6 Å². The van der Waals surface area contributed by atoms with E-state index in [0.717, 1.165) is 32.1 Å². The molecule has 0 aliphatic heterocycles. The fourth-order valence-electron chi connectivity index (χ4n) is 4.72. The van der Waals surface area contributed by atoms with Crippen LogP contribution in [-0.4, -0.2) is 17.1 Å². The number of benzene rings is 2. The zero-order valence-electron chi connectivity index (χ0n) is 16.7. The predicted molar refractivity (Wildman–Crippen MR) is 114 cm³/mol. The van der Waals surface area contributed by atoms with Crippen LogP contribution >= 0.6 is 0 Å². The third kappa shape index (κ3) is 3.67. The van der Waals surface area contributed by atoms with E-state index in [1.54, 1.807) is 18.3 Å². The number of hydrogen-bond donors (Lipinski definition) is 2. The first-order chi connectivity index (χ1) is 14.0. The highest BCUT2D eigenvalue weighted by Gasteiger charge is 2.41. The van der Waals surface area contributed by atoms with Crippen molar-refractivity contribution in [3.8, 4) is 5.75 Å². The number of H-pyrrole nitrogens is 1. The van der Waals surface area contributed by atoms with Crippen molar-refractivity contribution < 1.29 is 9.13 Å². The van der Waals surface area contributed by atoms with Crippen LogP contribution in [0.5, 0.6) is 5.75 Å². The predicted octanol–water partition coefficient (Wildman–Crippen LogP) is 4.66. The third-order valence-electron chi connectivity index (χ3n) is 6.44. The Bertz CT molecular complexity index is 1040. The number of halogens is 1. The highest BCUT2D eigenvalue weighted by molar-refractivity contribution is 5.82. The highest BCUT2D eigenvalue weighted by atomic mass is 19.1. The number of hydrogen-bond acceptors (Lipinski definition) is 3. The monoisotopic (exact) mass is 394 g/mol. The molecule has 152 valence electrons. The molecule has 29 heavy (non-hydrogen) atoms. The minimum absolute atomic E-state index is 0.0644. The van der Waals surface area contributed by atoms with Gasteiger partial charge in [-0.2, -0.15) is 0 Å². The Morgan fingerprint density at radius 3 is 2.62 bits per heavy atom. The zero-order chi connectivity index (χ0) is 20.4. The Morgan fingerprint density at radius 1 is 1.21 bits per heavy atom.